The highest BCUT2D eigenvalue weighted by atomic mass is 35.5. The molecule has 0 unspecified atom stereocenters. The molecule has 0 spiro atoms. The predicted octanol–water partition coefficient (Wildman–Crippen LogP) is 4.22. The second-order valence-corrected chi connectivity index (χ2v) is 5.58. The summed E-state index contributed by atoms with van der Waals surface area (Å²) in [5.74, 6) is -0.325. The van der Waals surface area contributed by atoms with E-state index < -0.39 is 11.7 Å². The first-order chi connectivity index (χ1) is 10.4. The summed E-state index contributed by atoms with van der Waals surface area (Å²) < 4.78 is 38.4. The van der Waals surface area contributed by atoms with Crippen molar-refractivity contribution in [1.29, 1.82) is 0 Å². The van der Waals surface area contributed by atoms with E-state index in [1.165, 1.54) is 17.4 Å². The molecule has 23 heavy (non-hydrogen) atoms. The van der Waals surface area contributed by atoms with Gasteiger partial charge in [-0.25, -0.2) is 0 Å². The van der Waals surface area contributed by atoms with Crippen LogP contribution in [0.2, 0.25) is 0 Å². The van der Waals surface area contributed by atoms with Gasteiger partial charge in [-0.3, -0.25) is 4.79 Å². The predicted molar refractivity (Wildman–Crippen MR) is 87.9 cm³/mol. The molecule has 1 amide bonds. The third kappa shape index (κ3) is 5.85. The van der Waals surface area contributed by atoms with Crippen LogP contribution in [0.5, 0.6) is 0 Å². The van der Waals surface area contributed by atoms with Crippen LogP contribution >= 0.6 is 23.7 Å². The molecule has 8 heteroatoms. The van der Waals surface area contributed by atoms with E-state index >= 15 is 0 Å². The van der Waals surface area contributed by atoms with Gasteiger partial charge in [-0.05, 0) is 52.6 Å². The third-order valence-corrected chi connectivity index (χ3v) is 3.79. The largest absolute Gasteiger partial charge is 0.416 e. The first kappa shape index (κ1) is 19.5. The second kappa shape index (κ2) is 8.33. The zero-order valence-corrected chi connectivity index (χ0v) is 13.7. The summed E-state index contributed by atoms with van der Waals surface area (Å²) in [5.41, 5.74) is 6.06. The number of halogens is 4. The number of nitrogens with two attached hydrogens (primary N) is 1. The number of nitrogens with one attached hydrogen (secondary N) is 1. The molecular formula is C15H16ClF3N2OS. The lowest BCUT2D eigenvalue weighted by Gasteiger charge is -2.12. The van der Waals surface area contributed by atoms with Gasteiger partial charge in [0.1, 0.15) is 0 Å². The van der Waals surface area contributed by atoms with E-state index in [9.17, 15) is 18.0 Å². The molecule has 0 aliphatic rings. The lowest BCUT2D eigenvalue weighted by atomic mass is 10.1. The highest BCUT2D eigenvalue weighted by molar-refractivity contribution is 7.07. The normalized spacial score (nSPS) is 11.0. The standard InChI is InChI=1S/C15H15F3N2OS.ClH/c16-15(17,18)12-5-11(8-19)6-13(7-12)20-14(21)2-1-10-3-4-22-9-10;/h3-7,9H,1-2,8,19H2,(H,20,21);1H. The number of rotatable bonds is 5. The summed E-state index contributed by atoms with van der Waals surface area (Å²) in [7, 11) is 0. The van der Waals surface area contributed by atoms with Crippen molar-refractivity contribution in [1.82, 2.24) is 0 Å². The summed E-state index contributed by atoms with van der Waals surface area (Å²) in [6.45, 7) is -0.0261. The van der Waals surface area contributed by atoms with Crippen molar-refractivity contribution in [2.24, 2.45) is 5.73 Å². The van der Waals surface area contributed by atoms with Gasteiger partial charge in [0.2, 0.25) is 5.91 Å². The fourth-order valence-electron chi connectivity index (χ4n) is 1.96. The second-order valence-electron chi connectivity index (χ2n) is 4.80. The first-order valence-corrected chi connectivity index (χ1v) is 7.55. The van der Waals surface area contributed by atoms with Crippen LogP contribution in [0.1, 0.15) is 23.1 Å². The molecule has 3 N–H and O–H groups in total. The molecule has 2 rings (SSSR count). The Morgan fingerprint density at radius 1 is 1.22 bits per heavy atom. The zero-order valence-electron chi connectivity index (χ0n) is 12.0. The van der Waals surface area contributed by atoms with Gasteiger partial charge in [0, 0.05) is 18.7 Å². The fourth-order valence-corrected chi connectivity index (χ4v) is 2.67. The quantitative estimate of drug-likeness (QED) is 0.834. The summed E-state index contributed by atoms with van der Waals surface area (Å²) in [4.78, 5) is 11.8. The number of carbonyl (C=O) groups is 1. The molecule has 0 saturated carbocycles. The monoisotopic (exact) mass is 364 g/mol. The van der Waals surface area contributed by atoms with Gasteiger partial charge in [0.05, 0.1) is 5.56 Å². The Labute approximate surface area is 142 Å². The van der Waals surface area contributed by atoms with Crippen LogP contribution in [0.15, 0.2) is 35.0 Å². The molecule has 3 nitrogen and oxygen atoms in total. The molecule has 0 saturated heterocycles. The van der Waals surface area contributed by atoms with Gasteiger partial charge in [-0.1, -0.05) is 0 Å². The summed E-state index contributed by atoms with van der Waals surface area (Å²) in [6.07, 6.45) is -3.70. The molecule has 0 aliphatic heterocycles. The van der Waals surface area contributed by atoms with E-state index in [0.29, 0.717) is 12.0 Å². The van der Waals surface area contributed by atoms with E-state index in [2.05, 4.69) is 5.32 Å². The van der Waals surface area contributed by atoms with Crippen LogP contribution in [0.3, 0.4) is 0 Å². The Morgan fingerprint density at radius 2 is 1.96 bits per heavy atom. The molecular weight excluding hydrogens is 349 g/mol. The number of carbonyl (C=O) groups excluding carboxylic acids is 1. The molecule has 0 radical (unpaired) electrons. The number of anilines is 1. The highest BCUT2D eigenvalue weighted by Gasteiger charge is 2.31. The average Bonchev–Trinajstić information content (AvgIpc) is 2.97. The van der Waals surface area contributed by atoms with E-state index in [0.717, 1.165) is 17.7 Å². The minimum Gasteiger partial charge on any atom is -0.326 e. The molecule has 1 heterocycles. The molecule has 126 valence electrons. The smallest absolute Gasteiger partial charge is 0.326 e. The van der Waals surface area contributed by atoms with Crippen LogP contribution in [-0.4, -0.2) is 5.91 Å². The molecule has 1 aromatic carbocycles. The molecule has 0 bridgehead atoms. The number of aryl methyl sites for hydroxylation is 1. The maximum atomic E-state index is 12.8. The van der Waals surface area contributed by atoms with E-state index in [1.807, 2.05) is 16.8 Å². The minimum absolute atomic E-state index is 0. The number of benzene rings is 1. The van der Waals surface area contributed by atoms with E-state index in [1.54, 1.807) is 0 Å². The number of hydrogen-bond acceptors (Lipinski definition) is 3. The zero-order chi connectivity index (χ0) is 16.2. The topological polar surface area (TPSA) is 55.1 Å². The van der Waals surface area contributed by atoms with E-state index in [-0.39, 0.29) is 37.0 Å². The van der Waals surface area contributed by atoms with Gasteiger partial charge in [0.15, 0.2) is 0 Å². The minimum atomic E-state index is -4.47. The number of amides is 1. The Balaban J connectivity index is 0.00000264. The van der Waals surface area contributed by atoms with Crippen molar-refractivity contribution in [3.05, 3.63) is 51.7 Å². The van der Waals surface area contributed by atoms with Crippen molar-refractivity contribution >= 4 is 35.3 Å². The van der Waals surface area contributed by atoms with Crippen LogP contribution in [0.4, 0.5) is 18.9 Å². The van der Waals surface area contributed by atoms with Gasteiger partial charge < -0.3 is 11.1 Å². The molecule has 2 aromatic rings. The van der Waals surface area contributed by atoms with Crippen LogP contribution in [0, 0.1) is 0 Å². The Hall–Kier alpha value is -1.57. The molecule has 0 fully saturated rings. The van der Waals surface area contributed by atoms with Crippen LogP contribution < -0.4 is 11.1 Å². The van der Waals surface area contributed by atoms with Gasteiger partial charge in [-0.15, -0.1) is 12.4 Å². The number of thiophene rings is 1. The molecule has 0 aliphatic carbocycles. The lowest BCUT2D eigenvalue weighted by Crippen LogP contribution is -2.14. The van der Waals surface area contributed by atoms with Crippen molar-refractivity contribution in [3.63, 3.8) is 0 Å². The Bertz CT molecular complexity index is 645. The van der Waals surface area contributed by atoms with Gasteiger partial charge >= 0.3 is 6.18 Å². The van der Waals surface area contributed by atoms with Gasteiger partial charge in [-0.2, -0.15) is 24.5 Å². The van der Waals surface area contributed by atoms with E-state index in [4.69, 9.17) is 5.73 Å². The van der Waals surface area contributed by atoms with Crippen LogP contribution in [-0.2, 0) is 23.9 Å². The number of hydrogen-bond donors (Lipinski definition) is 2. The average molecular weight is 365 g/mol. The van der Waals surface area contributed by atoms with Crippen molar-refractivity contribution in [2.75, 3.05) is 5.32 Å². The SMILES string of the molecule is Cl.NCc1cc(NC(=O)CCc2ccsc2)cc(C(F)(F)F)c1. The maximum Gasteiger partial charge on any atom is 0.416 e. The van der Waals surface area contributed by atoms with Crippen molar-refractivity contribution < 1.29 is 18.0 Å². The molecule has 0 atom stereocenters. The number of alkyl halides is 3. The maximum absolute atomic E-state index is 12.8. The summed E-state index contributed by atoms with van der Waals surface area (Å²) in [6, 6.07) is 5.27. The Morgan fingerprint density at radius 3 is 2.52 bits per heavy atom. The lowest BCUT2D eigenvalue weighted by molar-refractivity contribution is -0.137. The fraction of sp³-hybridized carbons (Fsp3) is 0.267. The van der Waals surface area contributed by atoms with Crippen molar-refractivity contribution in [3.8, 4) is 0 Å². The Kier molecular flexibility index (Phi) is 7.05. The first-order valence-electron chi connectivity index (χ1n) is 6.60. The van der Waals surface area contributed by atoms with Gasteiger partial charge in [0.25, 0.3) is 0 Å². The molecule has 1 aromatic heterocycles. The summed E-state index contributed by atoms with van der Waals surface area (Å²) in [5, 5.41) is 6.35. The third-order valence-electron chi connectivity index (χ3n) is 3.06. The summed E-state index contributed by atoms with van der Waals surface area (Å²) >= 11 is 1.53. The van der Waals surface area contributed by atoms with Crippen LogP contribution in [0.25, 0.3) is 0 Å². The van der Waals surface area contributed by atoms with Crippen molar-refractivity contribution in [2.45, 2.75) is 25.6 Å². The highest BCUT2D eigenvalue weighted by Crippen LogP contribution is 2.32.